The van der Waals surface area contributed by atoms with Gasteiger partial charge >= 0.3 is 0 Å². The third-order valence-electron chi connectivity index (χ3n) is 2.15. The molecule has 82 valence electrons. The summed E-state index contributed by atoms with van der Waals surface area (Å²) in [7, 11) is 0. The van der Waals surface area contributed by atoms with Crippen LogP contribution in [0, 0.1) is 0 Å². The Morgan fingerprint density at radius 3 is 2.73 bits per heavy atom. The Morgan fingerprint density at radius 2 is 2.00 bits per heavy atom. The highest BCUT2D eigenvalue weighted by atomic mass is 16.5. The number of hydrogen-bond acceptors (Lipinski definition) is 1. The Morgan fingerprint density at radius 1 is 1.20 bits per heavy atom. The number of quaternary nitrogens is 1. The lowest BCUT2D eigenvalue weighted by Gasteiger charge is -2.04. The predicted molar refractivity (Wildman–Crippen MR) is 63.0 cm³/mol. The molecule has 0 atom stereocenters. The minimum absolute atomic E-state index is 0.811. The van der Waals surface area contributed by atoms with Crippen LogP contribution in [0.25, 0.3) is 0 Å². The van der Waals surface area contributed by atoms with Crippen LogP contribution in [0.1, 0.15) is 12.8 Å². The molecule has 0 bridgehead atoms. The van der Waals surface area contributed by atoms with Gasteiger partial charge in [-0.05, 0) is 31.1 Å². The quantitative estimate of drug-likeness (QED) is 0.507. The first kappa shape index (κ1) is 11.8. The zero-order valence-corrected chi connectivity index (χ0v) is 9.19. The van der Waals surface area contributed by atoms with E-state index in [2.05, 4.69) is 11.9 Å². The SMILES string of the molecule is C=CC[NH2+]CCCCOc1ccccc1. The maximum absolute atomic E-state index is 5.58. The fourth-order valence-corrected chi connectivity index (χ4v) is 1.33. The van der Waals surface area contributed by atoms with E-state index in [0.717, 1.165) is 31.9 Å². The average Bonchev–Trinajstić information content (AvgIpc) is 2.29. The van der Waals surface area contributed by atoms with Crippen molar-refractivity contribution in [1.82, 2.24) is 0 Å². The lowest BCUT2D eigenvalue weighted by atomic mass is 10.3. The Hall–Kier alpha value is -1.28. The van der Waals surface area contributed by atoms with E-state index in [1.807, 2.05) is 36.4 Å². The molecule has 0 radical (unpaired) electrons. The first-order valence-electron chi connectivity index (χ1n) is 5.54. The normalized spacial score (nSPS) is 9.87. The van der Waals surface area contributed by atoms with Crippen molar-refractivity contribution in [3.05, 3.63) is 43.0 Å². The molecule has 2 heteroatoms. The molecule has 1 rings (SSSR count). The zero-order valence-electron chi connectivity index (χ0n) is 9.19. The lowest BCUT2D eigenvalue weighted by Crippen LogP contribution is -2.83. The standard InChI is InChI=1S/C13H19NO/c1-2-10-14-11-6-7-12-15-13-8-4-3-5-9-13/h2-5,8-9,14H,1,6-7,10-12H2/p+1. The third-order valence-corrected chi connectivity index (χ3v) is 2.15. The maximum Gasteiger partial charge on any atom is 0.119 e. The molecule has 1 aromatic carbocycles. The lowest BCUT2D eigenvalue weighted by molar-refractivity contribution is -0.646. The summed E-state index contributed by atoms with van der Waals surface area (Å²) in [5.74, 6) is 0.965. The van der Waals surface area contributed by atoms with Gasteiger partial charge in [0.1, 0.15) is 5.75 Å². The van der Waals surface area contributed by atoms with Gasteiger partial charge in [0.25, 0.3) is 0 Å². The van der Waals surface area contributed by atoms with E-state index in [4.69, 9.17) is 4.74 Å². The molecule has 0 amide bonds. The summed E-state index contributed by atoms with van der Waals surface area (Å²) in [5, 5.41) is 2.26. The van der Waals surface area contributed by atoms with Gasteiger partial charge in [0.15, 0.2) is 0 Å². The van der Waals surface area contributed by atoms with Gasteiger partial charge in [-0.15, -0.1) is 0 Å². The zero-order chi connectivity index (χ0) is 10.8. The molecule has 0 aliphatic rings. The summed E-state index contributed by atoms with van der Waals surface area (Å²) < 4.78 is 5.58. The molecule has 0 aliphatic heterocycles. The second-order valence-electron chi connectivity index (χ2n) is 3.47. The molecule has 0 spiro atoms. The minimum atomic E-state index is 0.811. The molecular formula is C13H20NO+. The molecule has 0 saturated heterocycles. The molecule has 0 heterocycles. The van der Waals surface area contributed by atoms with Crippen LogP contribution in [0.15, 0.2) is 43.0 Å². The Bertz CT molecular complexity index is 258. The fourth-order valence-electron chi connectivity index (χ4n) is 1.33. The number of rotatable bonds is 8. The number of unbranched alkanes of at least 4 members (excludes halogenated alkanes) is 1. The van der Waals surface area contributed by atoms with Crippen LogP contribution in [0.4, 0.5) is 0 Å². The van der Waals surface area contributed by atoms with Crippen LogP contribution in [0.5, 0.6) is 5.75 Å². The molecule has 0 saturated carbocycles. The monoisotopic (exact) mass is 206 g/mol. The number of hydrogen-bond donors (Lipinski definition) is 1. The molecule has 0 aliphatic carbocycles. The molecule has 2 N–H and O–H groups in total. The third kappa shape index (κ3) is 5.92. The van der Waals surface area contributed by atoms with E-state index in [1.54, 1.807) is 0 Å². The van der Waals surface area contributed by atoms with Crippen LogP contribution >= 0.6 is 0 Å². The highest BCUT2D eigenvalue weighted by Gasteiger charge is 1.93. The number of para-hydroxylation sites is 1. The van der Waals surface area contributed by atoms with Gasteiger partial charge in [0.05, 0.1) is 19.7 Å². The smallest absolute Gasteiger partial charge is 0.119 e. The van der Waals surface area contributed by atoms with Crippen LogP contribution < -0.4 is 10.1 Å². The minimum Gasteiger partial charge on any atom is -0.494 e. The van der Waals surface area contributed by atoms with E-state index in [0.29, 0.717) is 0 Å². The first-order chi connectivity index (χ1) is 7.43. The molecule has 1 aromatic rings. The predicted octanol–water partition coefficient (Wildman–Crippen LogP) is 1.59. The molecule has 0 unspecified atom stereocenters. The van der Waals surface area contributed by atoms with Crippen molar-refractivity contribution in [2.24, 2.45) is 0 Å². The van der Waals surface area contributed by atoms with Gasteiger partial charge in [-0.1, -0.05) is 24.8 Å². The van der Waals surface area contributed by atoms with Gasteiger partial charge in [0.2, 0.25) is 0 Å². The summed E-state index contributed by atoms with van der Waals surface area (Å²) >= 11 is 0. The maximum atomic E-state index is 5.58. The topological polar surface area (TPSA) is 25.8 Å². The molecule has 15 heavy (non-hydrogen) atoms. The summed E-state index contributed by atoms with van der Waals surface area (Å²) in [4.78, 5) is 0. The van der Waals surface area contributed by atoms with Crippen LogP contribution in [-0.4, -0.2) is 19.7 Å². The summed E-state index contributed by atoms with van der Waals surface area (Å²) in [5.41, 5.74) is 0. The van der Waals surface area contributed by atoms with Gasteiger partial charge in [-0.3, -0.25) is 0 Å². The van der Waals surface area contributed by atoms with Crippen molar-refractivity contribution in [3.63, 3.8) is 0 Å². The number of benzene rings is 1. The van der Waals surface area contributed by atoms with Gasteiger partial charge in [-0.2, -0.15) is 0 Å². The van der Waals surface area contributed by atoms with E-state index >= 15 is 0 Å². The van der Waals surface area contributed by atoms with Crippen molar-refractivity contribution in [2.45, 2.75) is 12.8 Å². The van der Waals surface area contributed by atoms with E-state index < -0.39 is 0 Å². The van der Waals surface area contributed by atoms with E-state index in [9.17, 15) is 0 Å². The van der Waals surface area contributed by atoms with Crippen molar-refractivity contribution in [3.8, 4) is 5.75 Å². The number of nitrogens with two attached hydrogens (primary N) is 1. The highest BCUT2D eigenvalue weighted by molar-refractivity contribution is 5.20. The van der Waals surface area contributed by atoms with Gasteiger partial charge < -0.3 is 10.1 Å². The van der Waals surface area contributed by atoms with Crippen molar-refractivity contribution < 1.29 is 10.1 Å². The molecular weight excluding hydrogens is 186 g/mol. The van der Waals surface area contributed by atoms with Crippen LogP contribution in [-0.2, 0) is 0 Å². The first-order valence-corrected chi connectivity index (χ1v) is 5.54. The second-order valence-corrected chi connectivity index (χ2v) is 3.47. The molecule has 0 fully saturated rings. The number of ether oxygens (including phenoxy) is 1. The summed E-state index contributed by atoms with van der Waals surface area (Å²) in [6, 6.07) is 9.96. The second kappa shape index (κ2) is 8.06. The summed E-state index contributed by atoms with van der Waals surface area (Å²) in [6.07, 6.45) is 4.24. The molecule has 0 aromatic heterocycles. The highest BCUT2D eigenvalue weighted by Crippen LogP contribution is 2.08. The molecule has 2 nitrogen and oxygen atoms in total. The summed E-state index contributed by atoms with van der Waals surface area (Å²) in [6.45, 7) is 6.66. The van der Waals surface area contributed by atoms with Crippen molar-refractivity contribution in [1.29, 1.82) is 0 Å². The van der Waals surface area contributed by atoms with Crippen LogP contribution in [0.2, 0.25) is 0 Å². The van der Waals surface area contributed by atoms with Crippen LogP contribution in [0.3, 0.4) is 0 Å². The van der Waals surface area contributed by atoms with Crippen molar-refractivity contribution in [2.75, 3.05) is 19.7 Å². The van der Waals surface area contributed by atoms with E-state index in [-0.39, 0.29) is 0 Å². The van der Waals surface area contributed by atoms with Crippen molar-refractivity contribution >= 4 is 0 Å². The van der Waals surface area contributed by atoms with E-state index in [1.165, 1.54) is 6.42 Å². The fraction of sp³-hybridized carbons (Fsp3) is 0.385. The van der Waals surface area contributed by atoms with Gasteiger partial charge in [0, 0.05) is 0 Å². The Labute approximate surface area is 92.0 Å². The Kier molecular flexibility index (Phi) is 6.34. The average molecular weight is 206 g/mol. The largest absolute Gasteiger partial charge is 0.494 e. The van der Waals surface area contributed by atoms with Gasteiger partial charge in [-0.25, -0.2) is 0 Å². The Balaban J connectivity index is 1.95.